The van der Waals surface area contributed by atoms with Gasteiger partial charge in [0.25, 0.3) is 0 Å². The van der Waals surface area contributed by atoms with Crippen LogP contribution in [0, 0.1) is 0 Å². The molecular weight excluding hydrogens is 192 g/mol. The first kappa shape index (κ1) is 10.1. The number of halogens is 1. The van der Waals surface area contributed by atoms with Crippen LogP contribution in [0.15, 0.2) is 0 Å². The van der Waals surface area contributed by atoms with Crippen molar-refractivity contribution in [2.75, 3.05) is 0 Å². The number of unbranched alkanes of at least 4 members (excludes halogenated alkanes) is 1. The zero-order valence-electron chi connectivity index (χ0n) is 7.30. The van der Waals surface area contributed by atoms with Crippen molar-refractivity contribution >= 4 is 17.6 Å². The molecule has 5 heteroatoms. The molecule has 1 aromatic heterocycles. The van der Waals surface area contributed by atoms with Gasteiger partial charge in [0, 0.05) is 6.42 Å². The van der Waals surface area contributed by atoms with Gasteiger partial charge in [0.05, 0.1) is 0 Å². The van der Waals surface area contributed by atoms with Crippen LogP contribution in [0.25, 0.3) is 0 Å². The van der Waals surface area contributed by atoms with E-state index in [9.17, 15) is 4.79 Å². The molecule has 4 nitrogen and oxygen atoms in total. The monoisotopic (exact) mass is 202 g/mol. The highest BCUT2D eigenvalue weighted by atomic mass is 35.5. The highest BCUT2D eigenvalue weighted by molar-refractivity contribution is 6.32. The summed E-state index contributed by atoms with van der Waals surface area (Å²) in [5.74, 6) is -0.426. The Bertz CT molecular complexity index is 309. The van der Waals surface area contributed by atoms with Gasteiger partial charge in [0.1, 0.15) is 5.82 Å². The van der Waals surface area contributed by atoms with E-state index in [4.69, 9.17) is 16.7 Å². The molecule has 2 N–H and O–H groups in total. The molecule has 0 aromatic carbocycles. The molecule has 13 heavy (non-hydrogen) atoms. The Kier molecular flexibility index (Phi) is 3.31. The fourth-order valence-electron chi connectivity index (χ4n) is 1.00. The molecule has 0 radical (unpaired) electrons. The molecular formula is C8H11ClN2O2. The average Bonchev–Trinajstić information content (AvgIpc) is 2.43. The first-order valence-corrected chi connectivity index (χ1v) is 4.50. The molecule has 0 aliphatic carbocycles. The van der Waals surface area contributed by atoms with Gasteiger partial charge >= 0.3 is 5.97 Å². The first-order chi connectivity index (χ1) is 6.15. The quantitative estimate of drug-likeness (QED) is 0.786. The van der Waals surface area contributed by atoms with Crippen molar-refractivity contribution in [2.24, 2.45) is 0 Å². The predicted molar refractivity (Wildman–Crippen MR) is 49.2 cm³/mol. The summed E-state index contributed by atoms with van der Waals surface area (Å²) in [6, 6.07) is 0. The van der Waals surface area contributed by atoms with E-state index in [1.165, 1.54) is 0 Å². The molecule has 0 aliphatic rings. The summed E-state index contributed by atoms with van der Waals surface area (Å²) in [6.07, 6.45) is 2.76. The van der Waals surface area contributed by atoms with Crippen molar-refractivity contribution < 1.29 is 9.90 Å². The maximum absolute atomic E-state index is 10.6. The number of carbonyl (C=O) groups is 1. The lowest BCUT2D eigenvalue weighted by Gasteiger charge is -1.91. The fourth-order valence-corrected chi connectivity index (χ4v) is 1.23. The van der Waals surface area contributed by atoms with E-state index in [1.54, 1.807) is 0 Å². The van der Waals surface area contributed by atoms with E-state index in [1.807, 2.05) is 0 Å². The molecule has 1 heterocycles. The maximum Gasteiger partial charge on any atom is 0.355 e. The number of aromatic carboxylic acids is 1. The number of aromatic amines is 1. The molecule has 0 unspecified atom stereocenters. The third-order valence-electron chi connectivity index (χ3n) is 1.69. The van der Waals surface area contributed by atoms with Crippen LogP contribution in [0.5, 0.6) is 0 Å². The number of hydrogen-bond donors (Lipinski definition) is 2. The topological polar surface area (TPSA) is 66.0 Å². The standard InChI is InChI=1S/C8H11ClN2O2/c1-2-3-4-5-10-6(8(12)13)7(9)11-5/h2-4H2,1H3,(H,10,11)(H,12,13). The normalized spacial score (nSPS) is 10.3. The fraction of sp³-hybridized carbons (Fsp3) is 0.500. The maximum atomic E-state index is 10.6. The second-order valence-corrected chi connectivity index (χ2v) is 3.12. The molecule has 0 saturated heterocycles. The van der Waals surface area contributed by atoms with Crippen molar-refractivity contribution in [3.8, 4) is 0 Å². The third-order valence-corrected chi connectivity index (χ3v) is 1.96. The van der Waals surface area contributed by atoms with Crippen molar-refractivity contribution in [3.63, 3.8) is 0 Å². The first-order valence-electron chi connectivity index (χ1n) is 4.12. The van der Waals surface area contributed by atoms with E-state index in [-0.39, 0.29) is 10.8 Å². The van der Waals surface area contributed by atoms with Crippen LogP contribution in [0.3, 0.4) is 0 Å². The van der Waals surface area contributed by atoms with E-state index in [0.717, 1.165) is 19.3 Å². The van der Waals surface area contributed by atoms with Gasteiger partial charge in [-0.2, -0.15) is 0 Å². The smallest absolute Gasteiger partial charge is 0.355 e. The lowest BCUT2D eigenvalue weighted by Crippen LogP contribution is -1.97. The number of nitrogens with zero attached hydrogens (tertiary/aromatic N) is 1. The minimum Gasteiger partial charge on any atom is -0.476 e. The molecule has 72 valence electrons. The number of aryl methyl sites for hydroxylation is 1. The summed E-state index contributed by atoms with van der Waals surface area (Å²) in [5.41, 5.74) is -0.0206. The zero-order chi connectivity index (χ0) is 9.84. The Morgan fingerprint density at radius 3 is 2.85 bits per heavy atom. The molecule has 1 aromatic rings. The van der Waals surface area contributed by atoms with Crippen molar-refractivity contribution in [3.05, 3.63) is 16.7 Å². The van der Waals surface area contributed by atoms with Gasteiger partial charge in [0.2, 0.25) is 0 Å². The molecule has 0 spiro atoms. The number of hydrogen-bond acceptors (Lipinski definition) is 2. The molecule has 0 atom stereocenters. The van der Waals surface area contributed by atoms with Gasteiger partial charge in [-0.1, -0.05) is 24.9 Å². The average molecular weight is 203 g/mol. The number of rotatable bonds is 4. The van der Waals surface area contributed by atoms with Gasteiger partial charge in [0.15, 0.2) is 10.8 Å². The van der Waals surface area contributed by atoms with Gasteiger partial charge in [-0.3, -0.25) is 0 Å². The Morgan fingerprint density at radius 1 is 1.69 bits per heavy atom. The van der Waals surface area contributed by atoms with E-state index >= 15 is 0 Å². The van der Waals surface area contributed by atoms with Crippen LogP contribution in [0.1, 0.15) is 36.1 Å². The van der Waals surface area contributed by atoms with Gasteiger partial charge in [-0.05, 0) is 6.42 Å². The largest absolute Gasteiger partial charge is 0.476 e. The highest BCUT2D eigenvalue weighted by Crippen LogP contribution is 2.13. The summed E-state index contributed by atoms with van der Waals surface area (Å²) in [6.45, 7) is 2.06. The molecule has 1 rings (SSSR count). The second kappa shape index (κ2) is 4.28. The van der Waals surface area contributed by atoms with Crippen LogP contribution in [-0.4, -0.2) is 21.0 Å². The minimum absolute atomic E-state index is 0.0206. The summed E-state index contributed by atoms with van der Waals surface area (Å²) in [7, 11) is 0. The summed E-state index contributed by atoms with van der Waals surface area (Å²) >= 11 is 5.60. The van der Waals surface area contributed by atoms with Crippen molar-refractivity contribution in [1.82, 2.24) is 9.97 Å². The molecule has 0 aliphatic heterocycles. The van der Waals surface area contributed by atoms with Gasteiger partial charge in [-0.15, -0.1) is 0 Å². The van der Waals surface area contributed by atoms with E-state index < -0.39 is 5.97 Å². The van der Waals surface area contributed by atoms with E-state index in [0.29, 0.717) is 5.82 Å². The Labute approximate surface area is 80.9 Å². The number of carboxylic acid groups (broad SMARTS) is 1. The second-order valence-electron chi connectivity index (χ2n) is 2.76. The number of carboxylic acids is 1. The molecule has 0 bridgehead atoms. The summed E-state index contributed by atoms with van der Waals surface area (Å²) in [5, 5.41) is 8.69. The Morgan fingerprint density at radius 2 is 2.38 bits per heavy atom. The van der Waals surface area contributed by atoms with E-state index in [2.05, 4.69) is 16.9 Å². The van der Waals surface area contributed by atoms with Crippen LogP contribution in [-0.2, 0) is 6.42 Å². The number of aromatic nitrogens is 2. The van der Waals surface area contributed by atoms with Crippen LogP contribution < -0.4 is 0 Å². The highest BCUT2D eigenvalue weighted by Gasteiger charge is 2.13. The van der Waals surface area contributed by atoms with Gasteiger partial charge < -0.3 is 10.1 Å². The van der Waals surface area contributed by atoms with Crippen molar-refractivity contribution in [2.45, 2.75) is 26.2 Å². The lowest BCUT2D eigenvalue weighted by molar-refractivity contribution is 0.0691. The predicted octanol–water partition coefficient (Wildman–Crippen LogP) is 2.10. The molecule has 0 saturated carbocycles. The SMILES string of the molecule is CCCCc1nc(Cl)c(C(=O)O)[nH]1. The van der Waals surface area contributed by atoms with Crippen LogP contribution >= 0.6 is 11.6 Å². The van der Waals surface area contributed by atoms with Crippen LogP contribution in [0.4, 0.5) is 0 Å². The summed E-state index contributed by atoms with van der Waals surface area (Å²) in [4.78, 5) is 17.1. The lowest BCUT2D eigenvalue weighted by atomic mass is 10.2. The molecule has 0 amide bonds. The van der Waals surface area contributed by atoms with Crippen LogP contribution in [0.2, 0.25) is 5.15 Å². The van der Waals surface area contributed by atoms with Crippen molar-refractivity contribution in [1.29, 1.82) is 0 Å². The van der Waals surface area contributed by atoms with Gasteiger partial charge in [-0.25, -0.2) is 9.78 Å². The zero-order valence-corrected chi connectivity index (χ0v) is 8.06. The number of imidazole rings is 1. The number of H-pyrrole nitrogens is 1. The molecule has 0 fully saturated rings. The number of nitrogens with one attached hydrogen (secondary N) is 1. The Balaban J connectivity index is 2.76. The third kappa shape index (κ3) is 2.45. The Hall–Kier alpha value is -1.03. The minimum atomic E-state index is -1.07. The summed E-state index contributed by atoms with van der Waals surface area (Å²) < 4.78 is 0.